The molecule has 3 heterocycles. The predicted octanol–water partition coefficient (Wildman–Crippen LogP) is 17.6. The van der Waals surface area contributed by atoms with Gasteiger partial charge in [0.2, 0.25) is 0 Å². The van der Waals surface area contributed by atoms with Crippen molar-refractivity contribution >= 4 is 33.0 Å². The van der Waals surface area contributed by atoms with Gasteiger partial charge in [-0.2, -0.15) is 0 Å². The number of furan rings is 1. The molecule has 0 aliphatic carbocycles. The smallest absolute Gasteiger partial charge is 0.121 e. The Morgan fingerprint density at radius 1 is 0.614 bits per heavy atom. The maximum atomic E-state index is 12.8. The van der Waals surface area contributed by atoms with Gasteiger partial charge in [-0.05, 0) is 103 Å². The maximum absolute atomic E-state index is 12.8. The Bertz CT molecular complexity index is 3640. The van der Waals surface area contributed by atoms with Crippen molar-refractivity contribution in [2.75, 3.05) is 0 Å². The van der Waals surface area contributed by atoms with Gasteiger partial charge in [-0.1, -0.05) is 181 Å². The normalized spacial score (nSPS) is 12.3. The van der Waals surface area contributed by atoms with Gasteiger partial charge in [0, 0.05) is 45.9 Å². The molecule has 0 spiro atoms. The first-order valence-electron chi connectivity index (χ1n) is 24.4. The number of hydrogen-bond acceptors (Lipinski definition) is 3. The van der Waals surface area contributed by atoms with Gasteiger partial charge in [-0.25, -0.2) is 0 Å². The van der Waals surface area contributed by atoms with Crippen LogP contribution in [-0.2, 0) is 25.5 Å². The fourth-order valence-corrected chi connectivity index (χ4v) is 8.99. The number of rotatable bonds is 8. The van der Waals surface area contributed by atoms with E-state index in [-0.39, 0.29) is 31.3 Å². The van der Waals surface area contributed by atoms with Crippen molar-refractivity contribution in [2.45, 2.75) is 65.7 Å². The molecule has 0 aliphatic heterocycles. The maximum Gasteiger partial charge on any atom is 0.121 e. The molecule has 0 bridgehead atoms. The molecule has 3 aromatic heterocycles. The van der Waals surface area contributed by atoms with Crippen LogP contribution in [0.1, 0.15) is 79.7 Å². The van der Waals surface area contributed by atoms with Crippen molar-refractivity contribution in [3.8, 4) is 61.7 Å². The summed E-state index contributed by atoms with van der Waals surface area (Å²) in [5.41, 5.74) is 15.7. The molecule has 0 N–H and O–H groups in total. The number of fused-ring (bicyclic) bond motifs is 4. The summed E-state index contributed by atoms with van der Waals surface area (Å²) in [7, 11) is 0. The molecule has 11 aromatic rings. The van der Waals surface area contributed by atoms with Gasteiger partial charge >= 0.3 is 0 Å². The number of aromatic nitrogens is 3. The molecule has 6 heteroatoms. The number of para-hydroxylation sites is 2. The summed E-state index contributed by atoms with van der Waals surface area (Å²) in [6.45, 7) is 14.1. The average molecular weight is 1090 g/mol. The molecule has 1 radical (unpaired) electrons. The molecule has 11 rings (SSSR count). The van der Waals surface area contributed by atoms with E-state index in [2.05, 4.69) is 146 Å². The minimum Gasteiger partial charge on any atom is -0.501 e. The Labute approximate surface area is 427 Å². The van der Waals surface area contributed by atoms with Crippen molar-refractivity contribution in [3.63, 3.8) is 0 Å². The number of benzene rings is 8. The Morgan fingerprint density at radius 3 is 1.81 bits per heavy atom. The van der Waals surface area contributed by atoms with Crippen LogP contribution in [-0.4, -0.2) is 14.5 Å². The van der Waals surface area contributed by atoms with Gasteiger partial charge in [0.1, 0.15) is 5.58 Å². The summed E-state index contributed by atoms with van der Waals surface area (Å²) in [5.74, 6) is -1.68. The zero-order chi connectivity index (χ0) is 49.7. The molecular weight excluding hydrogens is 1040 g/mol. The molecule has 8 aromatic carbocycles. The number of halogens is 1. The molecule has 0 fully saturated rings. The van der Waals surface area contributed by atoms with E-state index in [4.69, 9.17) is 9.40 Å². The Morgan fingerprint density at radius 2 is 1.21 bits per heavy atom. The van der Waals surface area contributed by atoms with Crippen LogP contribution in [0, 0.1) is 17.9 Å². The monoisotopic (exact) mass is 1090 g/mol. The summed E-state index contributed by atoms with van der Waals surface area (Å²) in [6.07, 6.45) is 1.87. The van der Waals surface area contributed by atoms with Gasteiger partial charge in [0.25, 0.3) is 0 Å². The largest absolute Gasteiger partial charge is 0.501 e. The van der Waals surface area contributed by atoms with Crippen LogP contribution in [0.15, 0.2) is 193 Å². The minimum absolute atomic E-state index is 0. The van der Waals surface area contributed by atoms with E-state index in [0.717, 1.165) is 94.4 Å². The van der Waals surface area contributed by atoms with E-state index in [0.29, 0.717) is 11.4 Å². The van der Waals surface area contributed by atoms with Crippen molar-refractivity contribution in [2.24, 2.45) is 0 Å². The zero-order valence-corrected chi connectivity index (χ0v) is 42.8. The predicted molar refractivity (Wildman–Crippen MR) is 284 cm³/mol. The summed E-state index contributed by atoms with van der Waals surface area (Å²) in [5, 5.41) is 2.00. The third kappa shape index (κ3) is 9.55. The standard InChI is InChI=1S/C49H39N2O.C15H15FN.Ir/c1-31(2)42-28-38(36-24-22-35(23-25-36)33-14-7-5-8-15-33)29-43(32(3)4)47(42)51-45-21-12-11-20-44(45)50-49(51)41-19-13-18-40-39-27-26-37(30-46(39)52-48(40)41)34-16-9-6-10-17-34;1-15(2,3)12-6-9-14(17-10-12)11-4-7-13(16)8-5-11;/h5-18,20-32H,1-4H3;4,6-10H,1-3H3;/q2*-1;/i31D,32D;;. The van der Waals surface area contributed by atoms with Crippen molar-refractivity contribution < 1.29 is 31.7 Å². The summed E-state index contributed by atoms with van der Waals surface area (Å²) in [6, 6.07) is 66.8. The molecule has 0 atom stereocenters. The van der Waals surface area contributed by atoms with E-state index in [1.54, 1.807) is 6.07 Å². The molecule has 349 valence electrons. The molecule has 4 nitrogen and oxygen atoms in total. The molecular formula is C64H54FIrN3O-2. The SMILES string of the molecule is CC(C)(C)c1ccc(-c2[c-]cc(F)cc2)nc1.[2H]C(C)(C)c1cc(-c2ccc(-c3ccccc3)cc2)cc(C([2H])(C)C)c1-n1c(-c2[c-]ccc3c2oc2cc(-c4ccccc4)ccc23)nc2ccccc21.[Ir]. The van der Waals surface area contributed by atoms with Gasteiger partial charge in [0.05, 0.1) is 22.4 Å². The van der Waals surface area contributed by atoms with E-state index in [9.17, 15) is 7.13 Å². The van der Waals surface area contributed by atoms with Crippen LogP contribution in [0.5, 0.6) is 0 Å². The van der Waals surface area contributed by atoms with Crippen molar-refractivity contribution in [1.82, 2.24) is 14.5 Å². The minimum atomic E-state index is -1.03. The fraction of sp³-hybridized carbons (Fsp3) is 0.156. The Kier molecular flexibility index (Phi) is 12.9. The average Bonchev–Trinajstić information content (AvgIpc) is 3.95. The van der Waals surface area contributed by atoms with Crippen LogP contribution in [0.3, 0.4) is 0 Å². The second-order valence-corrected chi connectivity index (χ2v) is 19.0. The topological polar surface area (TPSA) is 43.9 Å². The van der Waals surface area contributed by atoms with Crippen LogP contribution in [0.25, 0.3) is 94.7 Å². The van der Waals surface area contributed by atoms with E-state index < -0.39 is 11.8 Å². The van der Waals surface area contributed by atoms with Crippen LogP contribution < -0.4 is 0 Å². The number of nitrogens with zero attached hydrogens (tertiary/aromatic N) is 3. The number of hydrogen-bond donors (Lipinski definition) is 0. The molecule has 0 saturated carbocycles. The van der Waals surface area contributed by atoms with E-state index >= 15 is 0 Å². The summed E-state index contributed by atoms with van der Waals surface area (Å²) < 4.78 is 40.8. The Hall–Kier alpha value is -7.24. The second-order valence-electron chi connectivity index (χ2n) is 19.0. The third-order valence-electron chi connectivity index (χ3n) is 12.7. The van der Waals surface area contributed by atoms with Gasteiger partial charge in [-0.3, -0.25) is 9.37 Å². The third-order valence-corrected chi connectivity index (χ3v) is 12.7. The summed E-state index contributed by atoms with van der Waals surface area (Å²) >= 11 is 0. The first kappa shape index (κ1) is 45.2. The Balaban J connectivity index is 0.000000302. The molecule has 0 amide bonds. The van der Waals surface area contributed by atoms with E-state index in [1.165, 1.54) is 17.7 Å². The van der Waals surface area contributed by atoms with Gasteiger partial charge in [0.15, 0.2) is 0 Å². The summed E-state index contributed by atoms with van der Waals surface area (Å²) in [4.78, 5) is 9.65. The van der Waals surface area contributed by atoms with Crippen LogP contribution >= 0.6 is 0 Å². The molecule has 0 aliphatic rings. The van der Waals surface area contributed by atoms with Crippen LogP contribution in [0.4, 0.5) is 4.39 Å². The number of pyridine rings is 1. The zero-order valence-electron chi connectivity index (χ0n) is 42.4. The quantitative estimate of drug-likeness (QED) is 0.142. The van der Waals surface area contributed by atoms with E-state index in [1.807, 2.05) is 94.6 Å². The van der Waals surface area contributed by atoms with Gasteiger partial charge in [-0.15, -0.1) is 48.0 Å². The van der Waals surface area contributed by atoms with Crippen LogP contribution in [0.2, 0.25) is 0 Å². The van der Waals surface area contributed by atoms with Crippen molar-refractivity contribution in [1.29, 1.82) is 0 Å². The first-order chi connectivity index (χ1) is 34.0. The van der Waals surface area contributed by atoms with Gasteiger partial charge < -0.3 is 14.0 Å². The molecule has 70 heavy (non-hydrogen) atoms. The van der Waals surface area contributed by atoms with Crippen molar-refractivity contribution in [3.05, 3.63) is 223 Å². The fourth-order valence-electron chi connectivity index (χ4n) is 8.99. The number of imidazole rings is 1. The molecule has 0 unspecified atom stereocenters. The second kappa shape index (κ2) is 20.0. The molecule has 0 saturated heterocycles. The first-order valence-corrected chi connectivity index (χ1v) is 23.4.